The van der Waals surface area contributed by atoms with Crippen LogP contribution in [0.1, 0.15) is 5.56 Å². The normalized spacial score (nSPS) is 10.2. The van der Waals surface area contributed by atoms with Gasteiger partial charge in [-0.15, -0.1) is 0 Å². The van der Waals surface area contributed by atoms with Crippen LogP contribution in [0, 0.1) is 12.7 Å². The van der Waals surface area contributed by atoms with Crippen LogP contribution in [0.3, 0.4) is 0 Å². The highest BCUT2D eigenvalue weighted by Crippen LogP contribution is 2.24. The highest BCUT2D eigenvalue weighted by atomic mass is 79.9. The van der Waals surface area contributed by atoms with Crippen molar-refractivity contribution in [3.05, 3.63) is 39.4 Å². The Morgan fingerprint density at radius 1 is 1.36 bits per heavy atom. The van der Waals surface area contributed by atoms with Crippen molar-refractivity contribution in [2.75, 3.05) is 0 Å². The van der Waals surface area contributed by atoms with Gasteiger partial charge in [0.25, 0.3) is 0 Å². The van der Waals surface area contributed by atoms with E-state index in [9.17, 15) is 4.39 Å². The zero-order chi connectivity index (χ0) is 8.43. The fourth-order valence-corrected chi connectivity index (χ4v) is 2.10. The number of rotatable bonds is 1. The van der Waals surface area contributed by atoms with Crippen molar-refractivity contribution in [1.82, 2.24) is 0 Å². The van der Waals surface area contributed by atoms with Crippen LogP contribution in [-0.4, -0.2) is 0 Å². The zero-order valence-electron chi connectivity index (χ0n) is 5.70. The third-order valence-corrected chi connectivity index (χ3v) is 2.37. The summed E-state index contributed by atoms with van der Waals surface area (Å²) in [6.07, 6.45) is 0.462. The summed E-state index contributed by atoms with van der Waals surface area (Å²) in [6, 6.07) is 3.40. The van der Waals surface area contributed by atoms with Gasteiger partial charge in [-0.3, -0.25) is 0 Å². The van der Waals surface area contributed by atoms with E-state index in [4.69, 9.17) is 0 Å². The van der Waals surface area contributed by atoms with Gasteiger partial charge in [0.2, 0.25) is 0 Å². The first kappa shape index (κ1) is 9.20. The predicted octanol–water partition coefficient (Wildman–Crippen LogP) is 3.73. The molecule has 0 spiro atoms. The van der Waals surface area contributed by atoms with Crippen LogP contribution in [-0.2, 0) is 6.42 Å². The van der Waals surface area contributed by atoms with Gasteiger partial charge in [-0.2, -0.15) is 0 Å². The first-order chi connectivity index (χ1) is 5.15. The Labute approximate surface area is 82.1 Å². The molecule has 0 aliphatic heterocycles. The van der Waals surface area contributed by atoms with E-state index in [0.717, 1.165) is 4.47 Å². The maximum atomic E-state index is 13.1. The molecular formula is C8H6Br2F. The summed E-state index contributed by atoms with van der Waals surface area (Å²) in [4.78, 5) is 0. The van der Waals surface area contributed by atoms with Crippen molar-refractivity contribution in [3.63, 3.8) is 0 Å². The molecule has 0 aromatic heterocycles. The minimum Gasteiger partial charge on any atom is -0.205 e. The van der Waals surface area contributed by atoms with Crippen LogP contribution in [0.25, 0.3) is 0 Å². The predicted molar refractivity (Wildman–Crippen MR) is 50.9 cm³/mol. The Kier molecular flexibility index (Phi) is 3.07. The van der Waals surface area contributed by atoms with Gasteiger partial charge in [0.05, 0.1) is 4.47 Å². The standard InChI is InChI=1S/C8H6Br2F/c1-2-5-3-6(9)4-7(10)8(5)11/h3-4H,1-2H2. The lowest BCUT2D eigenvalue weighted by atomic mass is 10.2. The molecule has 0 unspecified atom stereocenters. The Bertz CT molecular complexity index is 271. The number of hydrogen-bond donors (Lipinski definition) is 0. The molecule has 1 rings (SSSR count). The van der Waals surface area contributed by atoms with Gasteiger partial charge in [-0.25, -0.2) is 4.39 Å². The molecule has 0 amide bonds. The molecule has 0 aliphatic carbocycles. The second-order valence-corrected chi connectivity index (χ2v) is 3.88. The van der Waals surface area contributed by atoms with Crippen LogP contribution in [0.5, 0.6) is 0 Å². The van der Waals surface area contributed by atoms with E-state index in [2.05, 4.69) is 38.8 Å². The van der Waals surface area contributed by atoms with Crippen LogP contribution in [0.15, 0.2) is 21.1 Å². The minimum atomic E-state index is -0.219. The maximum Gasteiger partial charge on any atom is 0.140 e. The van der Waals surface area contributed by atoms with Gasteiger partial charge in [-0.05, 0) is 47.0 Å². The first-order valence-corrected chi connectivity index (χ1v) is 4.66. The lowest BCUT2D eigenvalue weighted by Crippen LogP contribution is -1.88. The molecule has 0 nitrogen and oxygen atoms in total. The third kappa shape index (κ3) is 2.03. The van der Waals surface area contributed by atoms with Crippen LogP contribution in [0.4, 0.5) is 4.39 Å². The second kappa shape index (κ2) is 3.68. The van der Waals surface area contributed by atoms with Crippen molar-refractivity contribution < 1.29 is 4.39 Å². The van der Waals surface area contributed by atoms with Gasteiger partial charge >= 0.3 is 0 Å². The number of halogens is 3. The molecule has 11 heavy (non-hydrogen) atoms. The molecule has 1 radical (unpaired) electrons. The van der Waals surface area contributed by atoms with E-state index in [-0.39, 0.29) is 5.82 Å². The van der Waals surface area contributed by atoms with E-state index in [0.29, 0.717) is 16.5 Å². The van der Waals surface area contributed by atoms with Crippen molar-refractivity contribution in [2.45, 2.75) is 6.42 Å². The Hall–Kier alpha value is 0.110. The molecule has 0 atom stereocenters. The third-order valence-electron chi connectivity index (χ3n) is 1.34. The smallest absolute Gasteiger partial charge is 0.140 e. The zero-order valence-corrected chi connectivity index (χ0v) is 8.87. The van der Waals surface area contributed by atoms with E-state index >= 15 is 0 Å². The Morgan fingerprint density at radius 3 is 2.55 bits per heavy atom. The van der Waals surface area contributed by atoms with Gasteiger partial charge in [0.15, 0.2) is 0 Å². The summed E-state index contributed by atoms with van der Waals surface area (Å²) in [5.41, 5.74) is 0.617. The van der Waals surface area contributed by atoms with Crippen molar-refractivity contribution >= 4 is 31.9 Å². The molecular weight excluding hydrogens is 275 g/mol. The molecule has 0 N–H and O–H groups in total. The fraction of sp³-hybridized carbons (Fsp3) is 0.125. The average Bonchev–Trinajstić information content (AvgIpc) is 1.96. The molecule has 0 saturated carbocycles. The van der Waals surface area contributed by atoms with E-state index < -0.39 is 0 Å². The monoisotopic (exact) mass is 279 g/mol. The molecule has 1 aromatic rings. The lowest BCUT2D eigenvalue weighted by molar-refractivity contribution is 0.607. The van der Waals surface area contributed by atoms with E-state index in [1.165, 1.54) is 0 Å². The van der Waals surface area contributed by atoms with Crippen LogP contribution in [0.2, 0.25) is 0 Å². The van der Waals surface area contributed by atoms with Gasteiger partial charge in [0, 0.05) is 4.47 Å². The second-order valence-electron chi connectivity index (χ2n) is 2.11. The molecule has 59 valence electrons. The van der Waals surface area contributed by atoms with E-state index in [1.807, 2.05) is 0 Å². The largest absolute Gasteiger partial charge is 0.205 e. The summed E-state index contributed by atoms with van der Waals surface area (Å²) >= 11 is 6.37. The van der Waals surface area contributed by atoms with Crippen LogP contribution < -0.4 is 0 Å². The topological polar surface area (TPSA) is 0 Å². The number of hydrogen-bond acceptors (Lipinski definition) is 0. The van der Waals surface area contributed by atoms with Crippen LogP contribution >= 0.6 is 31.9 Å². The summed E-state index contributed by atoms with van der Waals surface area (Å²) in [5, 5.41) is 0. The molecule has 1 aromatic carbocycles. The van der Waals surface area contributed by atoms with Gasteiger partial charge in [0.1, 0.15) is 5.82 Å². The molecule has 0 bridgehead atoms. The lowest BCUT2D eigenvalue weighted by Gasteiger charge is -2.01. The highest BCUT2D eigenvalue weighted by Gasteiger charge is 2.05. The van der Waals surface area contributed by atoms with Crippen molar-refractivity contribution in [1.29, 1.82) is 0 Å². The molecule has 0 saturated heterocycles. The van der Waals surface area contributed by atoms with Crippen molar-refractivity contribution in [3.8, 4) is 0 Å². The summed E-state index contributed by atoms with van der Waals surface area (Å²) in [5.74, 6) is -0.219. The number of benzene rings is 1. The maximum absolute atomic E-state index is 13.1. The molecule has 0 aliphatic rings. The van der Waals surface area contributed by atoms with Crippen molar-refractivity contribution in [2.24, 2.45) is 0 Å². The SMILES string of the molecule is [CH2]Cc1cc(Br)cc(Br)c1F. The highest BCUT2D eigenvalue weighted by molar-refractivity contribution is 9.11. The minimum absolute atomic E-state index is 0.219. The average molecular weight is 281 g/mol. The Balaban J connectivity index is 3.24. The van der Waals surface area contributed by atoms with E-state index in [1.54, 1.807) is 12.1 Å². The molecule has 3 heteroatoms. The van der Waals surface area contributed by atoms with Gasteiger partial charge < -0.3 is 0 Å². The van der Waals surface area contributed by atoms with Gasteiger partial charge in [-0.1, -0.05) is 15.9 Å². The first-order valence-electron chi connectivity index (χ1n) is 3.08. The molecule has 0 fully saturated rings. The quantitative estimate of drug-likeness (QED) is 0.688. The Morgan fingerprint density at radius 2 is 2.00 bits per heavy atom. The summed E-state index contributed by atoms with van der Waals surface area (Å²) in [6.45, 7) is 3.62. The summed E-state index contributed by atoms with van der Waals surface area (Å²) in [7, 11) is 0. The summed E-state index contributed by atoms with van der Waals surface area (Å²) < 4.78 is 14.4. The molecule has 0 heterocycles. The fourth-order valence-electron chi connectivity index (χ4n) is 0.791.